The van der Waals surface area contributed by atoms with Gasteiger partial charge in [0.05, 0.1) is 7.05 Å². The molecule has 0 saturated carbocycles. The second-order valence-corrected chi connectivity index (χ2v) is 3.22. The highest BCUT2D eigenvalue weighted by molar-refractivity contribution is 6.53. The van der Waals surface area contributed by atoms with Crippen molar-refractivity contribution < 1.29 is 9.36 Å². The standard InChI is InChI=1S/C6H7Cl2N2O/c1-9-2-3-10(4-9)6(11)5(7)8/h2-5H,1H3/q+1. The summed E-state index contributed by atoms with van der Waals surface area (Å²) < 4.78 is 3.07. The number of carbonyl (C=O) groups is 1. The number of hydrogen-bond acceptors (Lipinski definition) is 1. The smallest absolute Gasteiger partial charge is 0.243 e. The molecule has 0 radical (unpaired) electrons. The van der Waals surface area contributed by atoms with Crippen LogP contribution in [-0.2, 0) is 7.05 Å². The Bertz CT molecular complexity index is 269. The van der Waals surface area contributed by atoms with E-state index in [1.807, 2.05) is 0 Å². The van der Waals surface area contributed by atoms with Crippen LogP contribution in [0.15, 0.2) is 18.7 Å². The quantitative estimate of drug-likeness (QED) is 0.478. The van der Waals surface area contributed by atoms with Crippen LogP contribution in [0.3, 0.4) is 0 Å². The first-order chi connectivity index (χ1) is 5.11. The summed E-state index contributed by atoms with van der Waals surface area (Å²) in [5.41, 5.74) is 0. The fourth-order valence-electron chi connectivity index (χ4n) is 0.693. The van der Waals surface area contributed by atoms with E-state index < -0.39 is 4.84 Å². The molecule has 0 aliphatic carbocycles. The van der Waals surface area contributed by atoms with Gasteiger partial charge in [0.2, 0.25) is 4.84 Å². The topological polar surface area (TPSA) is 25.9 Å². The van der Waals surface area contributed by atoms with E-state index in [0.29, 0.717) is 0 Å². The highest BCUT2D eigenvalue weighted by Crippen LogP contribution is 2.04. The van der Waals surface area contributed by atoms with Crippen LogP contribution in [0.4, 0.5) is 0 Å². The molecule has 0 bridgehead atoms. The maximum Gasteiger partial charge on any atom is 0.347 e. The van der Waals surface area contributed by atoms with Gasteiger partial charge in [-0.05, 0) is 0 Å². The van der Waals surface area contributed by atoms with Crippen LogP contribution in [0, 0.1) is 0 Å². The molecule has 0 N–H and O–H groups in total. The summed E-state index contributed by atoms with van der Waals surface area (Å²) >= 11 is 10.7. The fourth-order valence-corrected chi connectivity index (χ4v) is 0.919. The molecule has 0 unspecified atom stereocenters. The van der Waals surface area contributed by atoms with Crippen LogP contribution in [0.1, 0.15) is 4.79 Å². The zero-order chi connectivity index (χ0) is 8.43. The van der Waals surface area contributed by atoms with Gasteiger partial charge in [0.15, 0.2) is 0 Å². The molecule has 0 atom stereocenters. The lowest BCUT2D eigenvalue weighted by molar-refractivity contribution is -0.670. The summed E-state index contributed by atoms with van der Waals surface area (Å²) in [7, 11) is 1.81. The lowest BCUT2D eigenvalue weighted by atomic mass is 10.7. The maximum atomic E-state index is 11.0. The van der Waals surface area contributed by atoms with Gasteiger partial charge in [-0.15, -0.1) is 0 Å². The van der Waals surface area contributed by atoms with Gasteiger partial charge in [-0.1, -0.05) is 23.2 Å². The molecule has 5 heteroatoms. The van der Waals surface area contributed by atoms with E-state index in [4.69, 9.17) is 23.2 Å². The summed E-state index contributed by atoms with van der Waals surface area (Å²) in [6.07, 6.45) is 4.92. The molecule has 0 fully saturated rings. The Morgan fingerprint density at radius 2 is 2.27 bits per heavy atom. The first-order valence-electron chi connectivity index (χ1n) is 2.97. The van der Waals surface area contributed by atoms with Crippen LogP contribution in [0.5, 0.6) is 0 Å². The first kappa shape index (κ1) is 8.56. The molecule has 60 valence electrons. The second kappa shape index (κ2) is 3.24. The minimum atomic E-state index is -0.998. The van der Waals surface area contributed by atoms with E-state index in [2.05, 4.69) is 0 Å². The number of rotatable bonds is 1. The molecular formula is C6H7Cl2N2O+. The first-order valence-corrected chi connectivity index (χ1v) is 3.84. The highest BCUT2D eigenvalue weighted by atomic mass is 35.5. The van der Waals surface area contributed by atoms with E-state index in [0.717, 1.165) is 0 Å². The number of halogens is 2. The van der Waals surface area contributed by atoms with Crippen molar-refractivity contribution in [2.45, 2.75) is 4.84 Å². The largest absolute Gasteiger partial charge is 0.347 e. The molecule has 0 aliphatic rings. The molecule has 3 nitrogen and oxygen atoms in total. The molecule has 1 aromatic heterocycles. The average molecular weight is 194 g/mol. The lowest BCUT2D eigenvalue weighted by Crippen LogP contribution is -2.26. The van der Waals surface area contributed by atoms with Crippen LogP contribution in [-0.4, -0.2) is 15.3 Å². The third-order valence-electron chi connectivity index (χ3n) is 1.21. The van der Waals surface area contributed by atoms with Crippen LogP contribution < -0.4 is 4.57 Å². The van der Waals surface area contributed by atoms with Crippen LogP contribution in [0.2, 0.25) is 0 Å². The number of nitrogens with zero attached hydrogens (tertiary/aromatic N) is 2. The summed E-state index contributed by atoms with van der Waals surface area (Å²) in [6.45, 7) is 0. The van der Waals surface area contributed by atoms with E-state index in [-0.39, 0.29) is 5.91 Å². The molecule has 0 amide bonds. The summed E-state index contributed by atoms with van der Waals surface area (Å²) in [4.78, 5) is 10.0. The van der Waals surface area contributed by atoms with Crippen molar-refractivity contribution in [1.29, 1.82) is 0 Å². The third kappa shape index (κ3) is 1.94. The number of alkyl halides is 2. The zero-order valence-corrected chi connectivity index (χ0v) is 7.38. The van der Waals surface area contributed by atoms with Crippen LogP contribution in [0.25, 0.3) is 0 Å². The molecule has 0 aliphatic heterocycles. The molecule has 1 rings (SSSR count). The third-order valence-corrected chi connectivity index (χ3v) is 1.58. The van der Waals surface area contributed by atoms with E-state index >= 15 is 0 Å². The lowest BCUT2D eigenvalue weighted by Gasteiger charge is -1.92. The number of carbonyl (C=O) groups excluding carboxylic acids is 1. The molecule has 0 spiro atoms. The molecule has 1 aromatic rings. The molecular weight excluding hydrogens is 187 g/mol. The minimum absolute atomic E-state index is 0.339. The van der Waals surface area contributed by atoms with Crippen molar-refractivity contribution in [3.8, 4) is 0 Å². The van der Waals surface area contributed by atoms with Crippen molar-refractivity contribution in [1.82, 2.24) is 4.57 Å². The van der Waals surface area contributed by atoms with Gasteiger partial charge in [0.25, 0.3) is 6.33 Å². The molecule has 1 heterocycles. The van der Waals surface area contributed by atoms with Gasteiger partial charge in [0, 0.05) is 0 Å². The van der Waals surface area contributed by atoms with Gasteiger partial charge < -0.3 is 0 Å². The van der Waals surface area contributed by atoms with Crippen molar-refractivity contribution in [2.24, 2.45) is 7.05 Å². The van der Waals surface area contributed by atoms with Crippen molar-refractivity contribution in [2.75, 3.05) is 0 Å². The van der Waals surface area contributed by atoms with Crippen molar-refractivity contribution in [3.63, 3.8) is 0 Å². The Labute approximate surface area is 74.1 Å². The summed E-state index contributed by atoms with van der Waals surface area (Å²) in [5.74, 6) is -0.339. The number of hydrogen-bond donors (Lipinski definition) is 0. The summed E-state index contributed by atoms with van der Waals surface area (Å²) in [6, 6.07) is 0. The SMILES string of the molecule is C[n+]1ccn(C(=O)C(Cl)Cl)c1. The van der Waals surface area contributed by atoms with E-state index in [1.165, 1.54) is 4.57 Å². The zero-order valence-electron chi connectivity index (χ0n) is 5.87. The van der Waals surface area contributed by atoms with E-state index in [9.17, 15) is 4.79 Å². The fraction of sp³-hybridized carbons (Fsp3) is 0.333. The van der Waals surface area contributed by atoms with Gasteiger partial charge in [-0.3, -0.25) is 0 Å². The van der Waals surface area contributed by atoms with E-state index in [1.54, 1.807) is 30.3 Å². The van der Waals surface area contributed by atoms with Gasteiger partial charge >= 0.3 is 5.91 Å². The number of imidazole rings is 1. The van der Waals surface area contributed by atoms with Crippen molar-refractivity contribution >= 4 is 29.1 Å². The van der Waals surface area contributed by atoms with Gasteiger partial charge in [0.1, 0.15) is 12.4 Å². The molecule has 11 heavy (non-hydrogen) atoms. The predicted molar refractivity (Wildman–Crippen MR) is 41.7 cm³/mol. The number of aryl methyl sites for hydroxylation is 1. The minimum Gasteiger partial charge on any atom is -0.243 e. The normalized spacial score (nSPS) is 10.5. The highest BCUT2D eigenvalue weighted by Gasteiger charge is 2.19. The van der Waals surface area contributed by atoms with Gasteiger partial charge in [-0.2, -0.15) is 4.57 Å². The Kier molecular flexibility index (Phi) is 2.52. The Morgan fingerprint density at radius 3 is 2.64 bits per heavy atom. The van der Waals surface area contributed by atoms with Crippen molar-refractivity contribution in [3.05, 3.63) is 18.7 Å². The van der Waals surface area contributed by atoms with Crippen LogP contribution >= 0.6 is 23.2 Å². The average Bonchev–Trinajstić information content (AvgIpc) is 2.34. The predicted octanol–water partition coefficient (Wildman–Crippen LogP) is 0.756. The Hall–Kier alpha value is -0.540. The summed E-state index contributed by atoms with van der Waals surface area (Å²) in [5, 5.41) is 0. The monoisotopic (exact) mass is 193 g/mol. The van der Waals surface area contributed by atoms with Gasteiger partial charge in [-0.25, -0.2) is 9.36 Å². The molecule has 0 saturated heterocycles. The Morgan fingerprint density at radius 1 is 1.64 bits per heavy atom. The second-order valence-electron chi connectivity index (χ2n) is 2.13. The molecule has 0 aromatic carbocycles. The maximum absolute atomic E-state index is 11.0. The Balaban J connectivity index is 2.85. The number of aromatic nitrogens is 2.